The number of hydrogen-bond donors (Lipinski definition) is 3. The van der Waals surface area contributed by atoms with Crippen LogP contribution in [0.15, 0.2) is 18.2 Å². The number of carbonyl (C=O) groups is 1. The van der Waals surface area contributed by atoms with E-state index in [2.05, 4.69) is 29.2 Å². The van der Waals surface area contributed by atoms with Crippen LogP contribution in [-0.4, -0.2) is 26.7 Å². The van der Waals surface area contributed by atoms with Crippen LogP contribution in [0.1, 0.15) is 39.2 Å². The van der Waals surface area contributed by atoms with Gasteiger partial charge in [-0.2, -0.15) is 0 Å². The van der Waals surface area contributed by atoms with Gasteiger partial charge >= 0.3 is 6.03 Å². The lowest BCUT2D eigenvalue weighted by molar-refractivity contribution is 0.251. The summed E-state index contributed by atoms with van der Waals surface area (Å²) in [6.07, 6.45) is 2.02. The molecule has 0 fully saturated rings. The maximum Gasteiger partial charge on any atom is 0.319 e. The molecule has 1 aromatic carbocycles. The molecule has 3 N–H and O–H groups in total. The average Bonchev–Trinajstić information content (AvgIpc) is 2.46. The lowest BCUT2D eigenvalue weighted by Gasteiger charge is -2.12. The quantitative estimate of drug-likeness (QED) is 0.634. The van der Waals surface area contributed by atoms with Crippen LogP contribution < -0.4 is 15.4 Å². The second kappa shape index (κ2) is 8.76. The van der Waals surface area contributed by atoms with Crippen molar-refractivity contribution in [3.05, 3.63) is 23.8 Å². The van der Waals surface area contributed by atoms with Crippen molar-refractivity contribution in [2.45, 2.75) is 40.5 Å². The Bertz CT molecular complexity index is 627. The standard InChI is InChI=1S/C16H27N3O3S/c1-5-23(21,22)19-15-9-8-14(11-13(15)4)18-16(20)17-10-6-7-12(2)3/h8-9,11-12,19H,5-7,10H2,1-4H3,(H2,17,18,20). The second-order valence-corrected chi connectivity index (χ2v) is 7.96. The van der Waals surface area contributed by atoms with Crippen LogP contribution in [-0.2, 0) is 10.0 Å². The van der Waals surface area contributed by atoms with Crippen LogP contribution in [0.25, 0.3) is 0 Å². The predicted molar refractivity (Wildman–Crippen MR) is 95.4 cm³/mol. The Kier molecular flexibility index (Phi) is 7.35. The van der Waals surface area contributed by atoms with Gasteiger partial charge in [0.1, 0.15) is 0 Å². The van der Waals surface area contributed by atoms with Crippen molar-refractivity contribution in [2.75, 3.05) is 22.3 Å². The smallest absolute Gasteiger partial charge is 0.319 e. The highest BCUT2D eigenvalue weighted by Gasteiger charge is 2.10. The molecular weight excluding hydrogens is 314 g/mol. The third kappa shape index (κ3) is 7.36. The first-order chi connectivity index (χ1) is 10.7. The minimum Gasteiger partial charge on any atom is -0.338 e. The number of nitrogens with one attached hydrogen (secondary N) is 3. The van der Waals surface area contributed by atoms with Crippen molar-refractivity contribution >= 4 is 27.4 Å². The van der Waals surface area contributed by atoms with Crippen LogP contribution in [0.2, 0.25) is 0 Å². The highest BCUT2D eigenvalue weighted by Crippen LogP contribution is 2.20. The predicted octanol–water partition coefficient (Wildman–Crippen LogP) is 3.31. The summed E-state index contributed by atoms with van der Waals surface area (Å²) in [6, 6.07) is 4.81. The first kappa shape index (κ1) is 19.3. The van der Waals surface area contributed by atoms with Gasteiger partial charge in [0.05, 0.1) is 11.4 Å². The summed E-state index contributed by atoms with van der Waals surface area (Å²) in [4.78, 5) is 11.8. The van der Waals surface area contributed by atoms with Gasteiger partial charge in [-0.25, -0.2) is 13.2 Å². The summed E-state index contributed by atoms with van der Waals surface area (Å²) in [5.41, 5.74) is 1.90. The fourth-order valence-electron chi connectivity index (χ4n) is 1.98. The molecule has 0 bridgehead atoms. The van der Waals surface area contributed by atoms with Gasteiger partial charge in [0.25, 0.3) is 0 Å². The van der Waals surface area contributed by atoms with E-state index in [0.717, 1.165) is 18.4 Å². The fourth-order valence-corrected chi connectivity index (χ4v) is 2.69. The zero-order valence-electron chi connectivity index (χ0n) is 14.3. The van der Waals surface area contributed by atoms with Gasteiger partial charge in [-0.3, -0.25) is 4.72 Å². The van der Waals surface area contributed by atoms with E-state index < -0.39 is 10.0 Å². The SMILES string of the molecule is CCS(=O)(=O)Nc1ccc(NC(=O)NCCCC(C)C)cc1C. The monoisotopic (exact) mass is 341 g/mol. The Hall–Kier alpha value is -1.76. The Labute approximate surface area is 139 Å². The molecule has 0 aliphatic heterocycles. The maximum atomic E-state index is 11.8. The van der Waals surface area contributed by atoms with Crippen molar-refractivity contribution in [1.82, 2.24) is 5.32 Å². The lowest BCUT2D eigenvalue weighted by Crippen LogP contribution is -2.29. The molecule has 0 saturated heterocycles. The molecule has 1 rings (SSSR count). The molecule has 7 heteroatoms. The van der Waals surface area contributed by atoms with Crippen LogP contribution in [0.3, 0.4) is 0 Å². The number of rotatable bonds is 8. The molecule has 23 heavy (non-hydrogen) atoms. The Morgan fingerprint density at radius 1 is 1.26 bits per heavy atom. The largest absolute Gasteiger partial charge is 0.338 e. The molecule has 0 aliphatic carbocycles. The molecule has 0 aliphatic rings. The van der Waals surface area contributed by atoms with Crippen LogP contribution in [0.5, 0.6) is 0 Å². The molecule has 0 aromatic heterocycles. The summed E-state index contributed by atoms with van der Waals surface area (Å²) >= 11 is 0. The topological polar surface area (TPSA) is 87.3 Å². The number of amides is 2. The van der Waals surface area contributed by atoms with Gasteiger partial charge in [-0.05, 0) is 56.4 Å². The molecule has 1 aromatic rings. The van der Waals surface area contributed by atoms with Crippen molar-refractivity contribution in [3.8, 4) is 0 Å². The van der Waals surface area contributed by atoms with E-state index in [9.17, 15) is 13.2 Å². The summed E-state index contributed by atoms with van der Waals surface area (Å²) in [6.45, 7) is 8.31. The van der Waals surface area contributed by atoms with E-state index in [4.69, 9.17) is 0 Å². The summed E-state index contributed by atoms with van der Waals surface area (Å²) in [5.74, 6) is 0.646. The molecule has 0 spiro atoms. The average molecular weight is 341 g/mol. The molecule has 0 heterocycles. The van der Waals surface area contributed by atoms with E-state index >= 15 is 0 Å². The second-order valence-electron chi connectivity index (χ2n) is 5.95. The van der Waals surface area contributed by atoms with Gasteiger partial charge in [0.2, 0.25) is 10.0 Å². The molecule has 130 valence electrons. The number of aryl methyl sites for hydroxylation is 1. The Morgan fingerprint density at radius 3 is 2.52 bits per heavy atom. The zero-order chi connectivity index (χ0) is 17.5. The highest BCUT2D eigenvalue weighted by molar-refractivity contribution is 7.92. The van der Waals surface area contributed by atoms with Gasteiger partial charge in [-0.1, -0.05) is 13.8 Å². The molecule has 0 saturated carbocycles. The molecular formula is C16H27N3O3S. The first-order valence-electron chi connectivity index (χ1n) is 7.89. The van der Waals surface area contributed by atoms with Crippen LogP contribution in [0, 0.1) is 12.8 Å². The van der Waals surface area contributed by atoms with E-state index in [1.165, 1.54) is 0 Å². The summed E-state index contributed by atoms with van der Waals surface area (Å²) in [7, 11) is -3.30. The Balaban J connectivity index is 2.56. The summed E-state index contributed by atoms with van der Waals surface area (Å²) in [5, 5.41) is 5.55. The van der Waals surface area contributed by atoms with E-state index in [1.54, 1.807) is 32.0 Å². The Morgan fingerprint density at radius 2 is 1.96 bits per heavy atom. The van der Waals surface area contributed by atoms with Gasteiger partial charge in [0.15, 0.2) is 0 Å². The number of anilines is 2. The maximum absolute atomic E-state index is 11.8. The van der Waals surface area contributed by atoms with E-state index in [-0.39, 0.29) is 11.8 Å². The number of hydrogen-bond acceptors (Lipinski definition) is 3. The van der Waals surface area contributed by atoms with Crippen molar-refractivity contribution in [2.24, 2.45) is 5.92 Å². The molecule has 0 unspecified atom stereocenters. The normalized spacial score (nSPS) is 11.3. The molecule has 0 atom stereocenters. The van der Waals surface area contributed by atoms with Gasteiger partial charge in [0, 0.05) is 12.2 Å². The lowest BCUT2D eigenvalue weighted by atomic mass is 10.1. The third-order valence-electron chi connectivity index (χ3n) is 3.37. The van der Waals surface area contributed by atoms with E-state index in [1.807, 2.05) is 0 Å². The molecule has 2 amide bonds. The number of carbonyl (C=O) groups excluding carboxylic acids is 1. The van der Waals surface area contributed by atoms with Gasteiger partial charge in [-0.15, -0.1) is 0 Å². The number of urea groups is 1. The third-order valence-corrected chi connectivity index (χ3v) is 4.66. The number of benzene rings is 1. The molecule has 6 nitrogen and oxygen atoms in total. The molecule has 0 radical (unpaired) electrons. The minimum absolute atomic E-state index is 0.0191. The van der Waals surface area contributed by atoms with Crippen LogP contribution in [0.4, 0.5) is 16.2 Å². The van der Waals surface area contributed by atoms with Crippen molar-refractivity contribution < 1.29 is 13.2 Å². The van der Waals surface area contributed by atoms with Gasteiger partial charge < -0.3 is 10.6 Å². The summed E-state index contributed by atoms with van der Waals surface area (Å²) < 4.78 is 25.7. The first-order valence-corrected chi connectivity index (χ1v) is 9.54. The fraction of sp³-hybridized carbons (Fsp3) is 0.562. The van der Waals surface area contributed by atoms with Crippen molar-refractivity contribution in [1.29, 1.82) is 0 Å². The van der Waals surface area contributed by atoms with E-state index in [0.29, 0.717) is 23.8 Å². The van der Waals surface area contributed by atoms with Crippen molar-refractivity contribution in [3.63, 3.8) is 0 Å². The zero-order valence-corrected chi connectivity index (χ0v) is 15.1. The van der Waals surface area contributed by atoms with Crippen LogP contribution >= 0.6 is 0 Å². The number of sulfonamides is 1. The highest BCUT2D eigenvalue weighted by atomic mass is 32.2. The minimum atomic E-state index is -3.30.